The van der Waals surface area contributed by atoms with Crippen molar-refractivity contribution in [3.8, 4) is 0 Å². The molecule has 1 aromatic heterocycles. The minimum atomic E-state index is 0.135. The molecule has 4 heteroatoms. The maximum atomic E-state index is 12.4. The van der Waals surface area contributed by atoms with E-state index in [0.717, 1.165) is 37.9 Å². The van der Waals surface area contributed by atoms with E-state index >= 15 is 0 Å². The van der Waals surface area contributed by atoms with Crippen molar-refractivity contribution in [2.24, 2.45) is 23.7 Å². The van der Waals surface area contributed by atoms with Crippen LogP contribution in [0.3, 0.4) is 0 Å². The molecule has 2 bridgehead atoms. The molecular weight excluding hydrogens is 334 g/mol. The van der Waals surface area contributed by atoms with E-state index in [9.17, 15) is 4.79 Å². The molecule has 0 radical (unpaired) electrons. The van der Waals surface area contributed by atoms with E-state index in [-0.39, 0.29) is 5.91 Å². The molecule has 5 atom stereocenters. The maximum absolute atomic E-state index is 12.4. The highest BCUT2D eigenvalue weighted by molar-refractivity contribution is 9.11. The predicted octanol–water partition coefficient (Wildman–Crippen LogP) is 4.37. The Balaban J connectivity index is 1.46. The van der Waals surface area contributed by atoms with Gasteiger partial charge in [0.2, 0.25) is 0 Å². The van der Waals surface area contributed by atoms with Crippen molar-refractivity contribution in [3.05, 3.63) is 20.3 Å². The molecule has 1 aromatic rings. The largest absolute Gasteiger partial charge is 0.348 e. The second-order valence-electron chi connectivity index (χ2n) is 6.80. The lowest BCUT2D eigenvalue weighted by molar-refractivity contribution is 0.0905. The molecule has 0 aliphatic heterocycles. The summed E-state index contributed by atoms with van der Waals surface area (Å²) < 4.78 is 1.08. The highest BCUT2D eigenvalue weighted by Gasteiger charge is 2.54. The first-order valence-corrected chi connectivity index (χ1v) is 9.31. The van der Waals surface area contributed by atoms with Crippen molar-refractivity contribution in [2.45, 2.75) is 45.1 Å². The van der Waals surface area contributed by atoms with E-state index in [1.165, 1.54) is 32.1 Å². The van der Waals surface area contributed by atoms with Gasteiger partial charge < -0.3 is 5.32 Å². The third-order valence-corrected chi connectivity index (χ3v) is 7.96. The summed E-state index contributed by atoms with van der Waals surface area (Å²) in [6.45, 7) is 2.04. The fourth-order valence-electron chi connectivity index (χ4n) is 5.05. The molecule has 5 unspecified atom stereocenters. The van der Waals surface area contributed by atoms with Crippen LogP contribution in [0.25, 0.3) is 0 Å². The van der Waals surface area contributed by atoms with Crippen molar-refractivity contribution >= 4 is 33.2 Å². The summed E-state index contributed by atoms with van der Waals surface area (Å²) in [5, 5.41) is 3.33. The van der Waals surface area contributed by atoms with Crippen LogP contribution >= 0.6 is 27.3 Å². The molecule has 0 aromatic carbocycles. The first-order chi connectivity index (χ1) is 9.63. The van der Waals surface area contributed by atoms with Crippen LogP contribution < -0.4 is 5.32 Å². The van der Waals surface area contributed by atoms with Crippen LogP contribution in [0, 0.1) is 30.6 Å². The average molecular weight is 354 g/mol. The summed E-state index contributed by atoms with van der Waals surface area (Å²) in [5.41, 5.74) is 1.16. The third-order valence-electron chi connectivity index (χ3n) is 5.83. The minimum Gasteiger partial charge on any atom is -0.348 e. The van der Waals surface area contributed by atoms with E-state index in [4.69, 9.17) is 0 Å². The maximum Gasteiger partial charge on any atom is 0.261 e. The Labute approximate surface area is 132 Å². The third kappa shape index (κ3) is 1.98. The van der Waals surface area contributed by atoms with Crippen molar-refractivity contribution in [1.82, 2.24) is 5.32 Å². The van der Waals surface area contributed by atoms with Gasteiger partial charge in [-0.1, -0.05) is 6.42 Å². The Morgan fingerprint density at radius 2 is 2.10 bits per heavy atom. The number of aryl methyl sites for hydroxylation is 1. The fraction of sp³-hybridized carbons (Fsp3) is 0.688. The van der Waals surface area contributed by atoms with Crippen LogP contribution in [0.1, 0.15) is 47.3 Å². The number of nitrogens with one attached hydrogen (secondary N) is 1. The van der Waals surface area contributed by atoms with Gasteiger partial charge in [0.15, 0.2) is 0 Å². The zero-order valence-electron chi connectivity index (χ0n) is 11.7. The molecule has 20 heavy (non-hydrogen) atoms. The van der Waals surface area contributed by atoms with Crippen LogP contribution in [-0.2, 0) is 0 Å². The number of halogens is 1. The van der Waals surface area contributed by atoms with E-state index in [2.05, 4.69) is 21.2 Å². The Morgan fingerprint density at radius 1 is 1.30 bits per heavy atom. The Kier molecular flexibility index (Phi) is 3.22. The van der Waals surface area contributed by atoms with Gasteiger partial charge in [0, 0.05) is 6.04 Å². The molecule has 1 heterocycles. The molecule has 4 rings (SSSR count). The number of amides is 1. The first-order valence-electron chi connectivity index (χ1n) is 7.70. The summed E-state index contributed by atoms with van der Waals surface area (Å²) in [7, 11) is 0. The van der Waals surface area contributed by atoms with Gasteiger partial charge in [-0.2, -0.15) is 0 Å². The number of carbonyl (C=O) groups is 1. The molecule has 108 valence electrons. The minimum absolute atomic E-state index is 0.135. The number of rotatable bonds is 2. The number of fused-ring (bicyclic) bond motifs is 5. The Bertz CT molecular complexity index is 535. The quantitative estimate of drug-likeness (QED) is 0.839. The Hall–Kier alpha value is -0.350. The van der Waals surface area contributed by atoms with Gasteiger partial charge in [-0.15, -0.1) is 11.3 Å². The number of thiophene rings is 1. The fourth-order valence-corrected chi connectivity index (χ4v) is 6.48. The van der Waals surface area contributed by atoms with Crippen molar-refractivity contribution in [2.75, 3.05) is 0 Å². The van der Waals surface area contributed by atoms with E-state index < -0.39 is 0 Å². The molecule has 0 spiro atoms. The van der Waals surface area contributed by atoms with E-state index in [1.54, 1.807) is 11.3 Å². The highest BCUT2D eigenvalue weighted by Crippen LogP contribution is 2.58. The van der Waals surface area contributed by atoms with Crippen LogP contribution in [0.5, 0.6) is 0 Å². The molecule has 1 N–H and O–H groups in total. The molecular formula is C16H20BrNOS. The topological polar surface area (TPSA) is 29.1 Å². The van der Waals surface area contributed by atoms with Gasteiger partial charge in [-0.3, -0.25) is 4.79 Å². The average Bonchev–Trinajstić information content (AvgIpc) is 3.12. The number of hydrogen-bond donors (Lipinski definition) is 1. The van der Waals surface area contributed by atoms with Gasteiger partial charge in [0.1, 0.15) is 0 Å². The van der Waals surface area contributed by atoms with Crippen LogP contribution in [0.4, 0.5) is 0 Å². The summed E-state index contributed by atoms with van der Waals surface area (Å²) in [5.74, 6) is 3.70. The smallest absolute Gasteiger partial charge is 0.261 e. The molecule has 2 nitrogen and oxygen atoms in total. The molecule has 3 fully saturated rings. The van der Waals surface area contributed by atoms with Gasteiger partial charge >= 0.3 is 0 Å². The second-order valence-corrected chi connectivity index (χ2v) is 9.17. The lowest BCUT2D eigenvalue weighted by Crippen LogP contribution is -2.42. The van der Waals surface area contributed by atoms with Crippen molar-refractivity contribution in [1.29, 1.82) is 0 Å². The highest BCUT2D eigenvalue weighted by atomic mass is 79.9. The van der Waals surface area contributed by atoms with Crippen molar-refractivity contribution < 1.29 is 4.79 Å². The normalized spacial score (nSPS) is 38.2. The summed E-state index contributed by atoms with van der Waals surface area (Å²) in [6, 6.07) is 2.43. The number of carbonyl (C=O) groups excluding carboxylic acids is 1. The van der Waals surface area contributed by atoms with Gasteiger partial charge in [-0.05, 0) is 83.8 Å². The lowest BCUT2D eigenvalue weighted by atomic mass is 9.79. The van der Waals surface area contributed by atoms with Crippen molar-refractivity contribution in [3.63, 3.8) is 0 Å². The van der Waals surface area contributed by atoms with Gasteiger partial charge in [-0.25, -0.2) is 0 Å². The van der Waals surface area contributed by atoms with Crippen LogP contribution in [-0.4, -0.2) is 11.9 Å². The standard InChI is InChI=1S/C16H20BrNOS/c1-8-5-14(20-15(8)17)16(19)18-13-7-9-6-12(13)11-4-2-3-10(9)11/h5,9-13H,2-4,6-7H2,1H3,(H,18,19). The monoisotopic (exact) mass is 353 g/mol. The lowest BCUT2D eigenvalue weighted by Gasteiger charge is -2.31. The molecule has 3 aliphatic carbocycles. The predicted molar refractivity (Wildman–Crippen MR) is 85.1 cm³/mol. The Morgan fingerprint density at radius 3 is 2.85 bits per heavy atom. The van der Waals surface area contributed by atoms with Crippen LogP contribution in [0.15, 0.2) is 9.85 Å². The molecule has 1 amide bonds. The van der Waals surface area contributed by atoms with Gasteiger partial charge in [0.05, 0.1) is 8.66 Å². The SMILES string of the molecule is Cc1cc(C(=O)NC2CC3CC2C2CCCC32)sc1Br. The van der Waals surface area contributed by atoms with E-state index in [1.807, 2.05) is 13.0 Å². The zero-order chi connectivity index (χ0) is 13.9. The first kappa shape index (κ1) is 13.3. The second kappa shape index (κ2) is 4.84. The van der Waals surface area contributed by atoms with Gasteiger partial charge in [0.25, 0.3) is 5.91 Å². The molecule has 3 saturated carbocycles. The molecule has 3 aliphatic rings. The zero-order valence-corrected chi connectivity index (χ0v) is 14.1. The summed E-state index contributed by atoms with van der Waals surface area (Å²) >= 11 is 5.05. The van der Waals surface area contributed by atoms with E-state index in [0.29, 0.717) is 6.04 Å². The number of hydrogen-bond acceptors (Lipinski definition) is 2. The molecule has 0 saturated heterocycles. The van der Waals surface area contributed by atoms with Crippen LogP contribution in [0.2, 0.25) is 0 Å². The summed E-state index contributed by atoms with van der Waals surface area (Å²) in [6.07, 6.45) is 6.86. The summed E-state index contributed by atoms with van der Waals surface area (Å²) in [4.78, 5) is 13.3.